The highest BCUT2D eigenvalue weighted by molar-refractivity contribution is 7.10. The molecule has 5 nitrogen and oxygen atoms in total. The van der Waals surface area contributed by atoms with Gasteiger partial charge in [0.1, 0.15) is 5.76 Å². The van der Waals surface area contributed by atoms with Gasteiger partial charge in [0, 0.05) is 11.0 Å². The van der Waals surface area contributed by atoms with Gasteiger partial charge in [-0.1, -0.05) is 0 Å². The van der Waals surface area contributed by atoms with Gasteiger partial charge in [-0.25, -0.2) is 4.79 Å². The fourth-order valence-corrected chi connectivity index (χ4v) is 2.42. The lowest BCUT2D eigenvalue weighted by Crippen LogP contribution is -2.22. The number of rotatable bonds is 5. The van der Waals surface area contributed by atoms with E-state index < -0.39 is 5.97 Å². The molecule has 0 bridgehead atoms. The molecule has 2 N–H and O–H groups in total. The second-order valence-electron chi connectivity index (χ2n) is 4.09. The maximum Gasteiger partial charge on any atom is 0.328 e. The van der Waals surface area contributed by atoms with Crippen LogP contribution in [0, 0.1) is 6.92 Å². The van der Waals surface area contributed by atoms with E-state index in [2.05, 4.69) is 5.32 Å². The number of amides is 1. The summed E-state index contributed by atoms with van der Waals surface area (Å²) in [6.45, 7) is 2.13. The molecule has 20 heavy (non-hydrogen) atoms. The number of carbonyl (C=O) groups is 2. The molecule has 0 atom stereocenters. The minimum absolute atomic E-state index is 0.188. The van der Waals surface area contributed by atoms with Crippen LogP contribution in [0.4, 0.5) is 0 Å². The van der Waals surface area contributed by atoms with Gasteiger partial charge in [-0.15, -0.1) is 11.3 Å². The van der Waals surface area contributed by atoms with Crippen LogP contribution < -0.4 is 5.32 Å². The van der Waals surface area contributed by atoms with Crippen LogP contribution in [0.25, 0.3) is 6.08 Å². The van der Waals surface area contributed by atoms with E-state index in [1.54, 1.807) is 13.0 Å². The number of carboxylic acid groups (broad SMARTS) is 1. The fraction of sp³-hybridized carbons (Fsp3) is 0.143. The minimum Gasteiger partial charge on any atom is -0.478 e. The summed E-state index contributed by atoms with van der Waals surface area (Å²) in [5, 5.41) is 13.2. The Morgan fingerprint density at radius 1 is 1.50 bits per heavy atom. The highest BCUT2D eigenvalue weighted by Crippen LogP contribution is 2.16. The van der Waals surface area contributed by atoms with Crippen molar-refractivity contribution in [2.24, 2.45) is 0 Å². The smallest absolute Gasteiger partial charge is 0.328 e. The van der Waals surface area contributed by atoms with Crippen LogP contribution in [0.3, 0.4) is 0 Å². The Balaban J connectivity index is 1.93. The van der Waals surface area contributed by atoms with E-state index in [1.165, 1.54) is 23.7 Å². The van der Waals surface area contributed by atoms with Gasteiger partial charge < -0.3 is 14.8 Å². The van der Waals surface area contributed by atoms with Gasteiger partial charge in [0.05, 0.1) is 18.4 Å². The number of carbonyl (C=O) groups excluding carboxylic acids is 1. The maximum absolute atomic E-state index is 11.9. The van der Waals surface area contributed by atoms with Gasteiger partial charge >= 0.3 is 5.97 Å². The second-order valence-corrected chi connectivity index (χ2v) is 5.09. The van der Waals surface area contributed by atoms with Gasteiger partial charge in [-0.05, 0) is 36.1 Å². The van der Waals surface area contributed by atoms with Crippen LogP contribution in [0.15, 0.2) is 34.3 Å². The Kier molecular flexibility index (Phi) is 4.37. The first-order valence-electron chi connectivity index (χ1n) is 5.87. The van der Waals surface area contributed by atoms with E-state index in [1.807, 2.05) is 11.4 Å². The quantitative estimate of drug-likeness (QED) is 0.830. The van der Waals surface area contributed by atoms with Crippen molar-refractivity contribution < 1.29 is 19.1 Å². The number of thiophene rings is 1. The normalized spacial score (nSPS) is 10.8. The summed E-state index contributed by atoms with van der Waals surface area (Å²) in [5.74, 6) is -0.590. The Morgan fingerprint density at radius 3 is 2.95 bits per heavy atom. The molecule has 0 fully saturated rings. The van der Waals surface area contributed by atoms with Gasteiger partial charge in [-0.2, -0.15) is 0 Å². The van der Waals surface area contributed by atoms with Crippen molar-refractivity contribution >= 4 is 29.3 Å². The number of aliphatic carboxylic acids is 1. The molecular formula is C14H13NO4S. The second kappa shape index (κ2) is 6.21. The number of nitrogens with one attached hydrogen (secondary N) is 1. The zero-order chi connectivity index (χ0) is 14.5. The van der Waals surface area contributed by atoms with Crippen molar-refractivity contribution in [3.63, 3.8) is 0 Å². The largest absolute Gasteiger partial charge is 0.478 e. The lowest BCUT2D eigenvalue weighted by Gasteiger charge is -2.01. The van der Waals surface area contributed by atoms with E-state index in [4.69, 9.17) is 9.52 Å². The van der Waals surface area contributed by atoms with Crippen molar-refractivity contribution in [1.82, 2.24) is 5.32 Å². The van der Waals surface area contributed by atoms with Crippen molar-refractivity contribution in [3.8, 4) is 0 Å². The molecule has 2 aromatic heterocycles. The molecule has 2 heterocycles. The van der Waals surface area contributed by atoms with E-state index >= 15 is 0 Å². The van der Waals surface area contributed by atoms with Crippen LogP contribution in [0.5, 0.6) is 0 Å². The number of hydrogen-bond acceptors (Lipinski definition) is 4. The first-order chi connectivity index (χ1) is 9.56. The third kappa shape index (κ3) is 3.58. The molecule has 0 aromatic carbocycles. The molecular weight excluding hydrogens is 278 g/mol. The van der Waals surface area contributed by atoms with Crippen molar-refractivity contribution in [3.05, 3.63) is 51.6 Å². The van der Waals surface area contributed by atoms with Crippen LogP contribution in [-0.4, -0.2) is 17.0 Å². The van der Waals surface area contributed by atoms with Crippen LogP contribution in [-0.2, 0) is 11.3 Å². The highest BCUT2D eigenvalue weighted by atomic mass is 32.1. The van der Waals surface area contributed by atoms with Gasteiger partial charge in [0.25, 0.3) is 5.91 Å². The van der Waals surface area contributed by atoms with E-state index in [9.17, 15) is 9.59 Å². The molecule has 0 aliphatic rings. The standard InChI is InChI=1S/C14H13NO4S/c1-9-12(4-5-19-9)14(18)15-7-11-6-10(8-20-11)2-3-13(16)17/h2-6,8H,7H2,1H3,(H,15,18)(H,16,17). The summed E-state index contributed by atoms with van der Waals surface area (Å²) < 4.78 is 5.07. The number of hydrogen-bond donors (Lipinski definition) is 2. The molecule has 1 amide bonds. The predicted molar refractivity (Wildman–Crippen MR) is 75.6 cm³/mol. The maximum atomic E-state index is 11.9. The van der Waals surface area contributed by atoms with Crippen LogP contribution in [0.1, 0.15) is 26.6 Å². The Bertz CT molecular complexity index is 654. The summed E-state index contributed by atoms with van der Waals surface area (Å²) in [6, 6.07) is 3.47. The molecule has 104 valence electrons. The molecule has 0 saturated carbocycles. The average molecular weight is 291 g/mol. The number of aryl methyl sites for hydroxylation is 1. The molecule has 0 aliphatic carbocycles. The van der Waals surface area contributed by atoms with Gasteiger partial charge in [0.15, 0.2) is 0 Å². The summed E-state index contributed by atoms with van der Waals surface area (Å²) in [6.07, 6.45) is 4.08. The SMILES string of the molecule is Cc1occc1C(=O)NCc1cc(C=CC(=O)O)cs1. The molecule has 0 spiro atoms. The number of furan rings is 1. The van der Waals surface area contributed by atoms with E-state index in [0.29, 0.717) is 17.9 Å². The van der Waals surface area contributed by atoms with Crippen molar-refractivity contribution in [1.29, 1.82) is 0 Å². The minimum atomic E-state index is -0.985. The third-order valence-electron chi connectivity index (χ3n) is 2.62. The molecule has 0 saturated heterocycles. The summed E-state index contributed by atoms with van der Waals surface area (Å²) >= 11 is 1.46. The summed E-state index contributed by atoms with van der Waals surface area (Å²) in [4.78, 5) is 23.2. The van der Waals surface area contributed by atoms with Crippen LogP contribution in [0.2, 0.25) is 0 Å². The fourth-order valence-electron chi connectivity index (χ4n) is 1.63. The molecule has 0 radical (unpaired) electrons. The molecule has 6 heteroatoms. The monoisotopic (exact) mass is 291 g/mol. The highest BCUT2D eigenvalue weighted by Gasteiger charge is 2.11. The first kappa shape index (κ1) is 14.1. The predicted octanol–water partition coefficient (Wildman–Crippen LogP) is 2.68. The Morgan fingerprint density at radius 2 is 2.30 bits per heavy atom. The Hall–Kier alpha value is -2.34. The zero-order valence-electron chi connectivity index (χ0n) is 10.8. The van der Waals surface area contributed by atoms with Crippen molar-refractivity contribution in [2.45, 2.75) is 13.5 Å². The molecule has 0 aliphatic heterocycles. The van der Waals surface area contributed by atoms with E-state index in [-0.39, 0.29) is 5.91 Å². The topological polar surface area (TPSA) is 79.5 Å². The summed E-state index contributed by atoms with van der Waals surface area (Å²) in [5.41, 5.74) is 1.33. The number of carboxylic acids is 1. The molecule has 2 rings (SSSR count). The third-order valence-corrected chi connectivity index (χ3v) is 3.57. The lowest BCUT2D eigenvalue weighted by molar-refractivity contribution is -0.131. The first-order valence-corrected chi connectivity index (χ1v) is 6.75. The Labute approximate surface area is 119 Å². The zero-order valence-corrected chi connectivity index (χ0v) is 11.6. The summed E-state index contributed by atoms with van der Waals surface area (Å²) in [7, 11) is 0. The lowest BCUT2D eigenvalue weighted by atomic mass is 10.2. The van der Waals surface area contributed by atoms with E-state index in [0.717, 1.165) is 16.5 Å². The average Bonchev–Trinajstić information content (AvgIpc) is 3.02. The molecule has 0 unspecified atom stereocenters. The molecule has 2 aromatic rings. The van der Waals surface area contributed by atoms with Crippen LogP contribution >= 0.6 is 11.3 Å². The van der Waals surface area contributed by atoms with Gasteiger partial charge in [0.2, 0.25) is 0 Å². The van der Waals surface area contributed by atoms with Crippen molar-refractivity contribution in [2.75, 3.05) is 0 Å². The van der Waals surface area contributed by atoms with Gasteiger partial charge in [-0.3, -0.25) is 4.79 Å².